The molecule has 6 heteroatoms. The maximum atomic E-state index is 11.6. The molecule has 0 aliphatic rings. The summed E-state index contributed by atoms with van der Waals surface area (Å²) in [6.07, 6.45) is 1.72. The number of carbonyl (C=O) groups is 1. The van der Waals surface area contributed by atoms with Gasteiger partial charge in [-0.1, -0.05) is 30.3 Å². The Morgan fingerprint density at radius 2 is 2.06 bits per heavy atom. The van der Waals surface area contributed by atoms with Gasteiger partial charge in [-0.3, -0.25) is 15.0 Å². The molecule has 18 heavy (non-hydrogen) atoms. The van der Waals surface area contributed by atoms with Crippen LogP contribution in [0, 0.1) is 0 Å². The summed E-state index contributed by atoms with van der Waals surface area (Å²) >= 11 is 0. The van der Waals surface area contributed by atoms with Crippen LogP contribution in [0.4, 0.5) is 0 Å². The molecule has 0 saturated heterocycles. The fourth-order valence-corrected chi connectivity index (χ4v) is 1.55. The predicted octanol–water partition coefficient (Wildman–Crippen LogP) is -0.0358. The molecule has 0 fully saturated rings. The minimum atomic E-state index is -0.657. The molecule has 0 radical (unpaired) electrons. The number of hydrogen-bond donors (Lipinski definition) is 3. The zero-order chi connectivity index (χ0) is 13.0. The van der Waals surface area contributed by atoms with Crippen LogP contribution in [0.1, 0.15) is 21.7 Å². The highest BCUT2D eigenvalue weighted by molar-refractivity contribution is 5.92. The molecule has 1 aromatic carbocycles. The fraction of sp³-hybridized carbons (Fsp3) is 0.0833. The zero-order valence-electron chi connectivity index (χ0n) is 9.51. The van der Waals surface area contributed by atoms with Gasteiger partial charge >= 0.3 is 0 Å². The number of nitrogen functional groups attached to an aromatic ring is 1. The Hall–Kier alpha value is -2.47. The van der Waals surface area contributed by atoms with Crippen molar-refractivity contribution in [3.63, 3.8) is 0 Å². The van der Waals surface area contributed by atoms with E-state index in [9.17, 15) is 9.59 Å². The van der Waals surface area contributed by atoms with E-state index in [-0.39, 0.29) is 5.56 Å². The maximum absolute atomic E-state index is 11.6. The Kier molecular flexibility index (Phi) is 3.49. The molecule has 0 unspecified atom stereocenters. The SMILES string of the molecule is NNC(=O)c1cnc(Cc2ccccc2)[nH]c1=O. The summed E-state index contributed by atoms with van der Waals surface area (Å²) in [7, 11) is 0. The van der Waals surface area contributed by atoms with E-state index in [0.29, 0.717) is 12.2 Å². The number of aromatic amines is 1. The first kappa shape index (κ1) is 12.0. The minimum absolute atomic E-state index is 0.102. The van der Waals surface area contributed by atoms with Crippen LogP contribution in [0.5, 0.6) is 0 Å². The molecule has 4 N–H and O–H groups in total. The summed E-state index contributed by atoms with van der Waals surface area (Å²) in [6, 6.07) is 9.59. The lowest BCUT2D eigenvalue weighted by Gasteiger charge is -2.02. The van der Waals surface area contributed by atoms with Gasteiger partial charge < -0.3 is 4.98 Å². The number of aromatic nitrogens is 2. The Bertz CT molecular complexity index is 607. The van der Waals surface area contributed by atoms with Gasteiger partial charge in [-0.05, 0) is 5.56 Å². The molecule has 6 nitrogen and oxygen atoms in total. The van der Waals surface area contributed by atoms with Crippen molar-refractivity contribution in [2.45, 2.75) is 6.42 Å². The van der Waals surface area contributed by atoms with E-state index in [4.69, 9.17) is 5.84 Å². The number of amides is 1. The Labute approximate surface area is 103 Å². The van der Waals surface area contributed by atoms with Crippen LogP contribution in [0.2, 0.25) is 0 Å². The standard InChI is InChI=1S/C12H12N4O2/c13-16-12(18)9-7-14-10(15-11(9)17)6-8-4-2-1-3-5-8/h1-5,7H,6,13H2,(H,16,18)(H,14,15,17). The molecule has 2 aromatic rings. The van der Waals surface area contributed by atoms with Crippen LogP contribution >= 0.6 is 0 Å². The van der Waals surface area contributed by atoms with Gasteiger partial charge in [0.25, 0.3) is 11.5 Å². The van der Waals surface area contributed by atoms with Crippen LogP contribution in [-0.2, 0) is 6.42 Å². The minimum Gasteiger partial charge on any atom is -0.310 e. The summed E-state index contributed by atoms with van der Waals surface area (Å²) in [6.45, 7) is 0. The molecule has 0 saturated carbocycles. The number of nitrogens with one attached hydrogen (secondary N) is 2. The number of H-pyrrole nitrogens is 1. The zero-order valence-corrected chi connectivity index (χ0v) is 9.51. The molecule has 1 aromatic heterocycles. The monoisotopic (exact) mass is 244 g/mol. The molecular formula is C12H12N4O2. The van der Waals surface area contributed by atoms with Crippen molar-refractivity contribution in [2.24, 2.45) is 5.84 Å². The van der Waals surface area contributed by atoms with E-state index >= 15 is 0 Å². The van der Waals surface area contributed by atoms with Crippen molar-refractivity contribution in [2.75, 3.05) is 0 Å². The van der Waals surface area contributed by atoms with E-state index < -0.39 is 11.5 Å². The molecule has 0 atom stereocenters. The molecule has 0 bridgehead atoms. The van der Waals surface area contributed by atoms with Gasteiger partial charge in [0, 0.05) is 12.6 Å². The second kappa shape index (κ2) is 5.24. The topological polar surface area (TPSA) is 101 Å². The van der Waals surface area contributed by atoms with E-state index in [2.05, 4.69) is 9.97 Å². The highest BCUT2D eigenvalue weighted by Crippen LogP contribution is 2.03. The molecule has 0 aliphatic carbocycles. The van der Waals surface area contributed by atoms with Crippen LogP contribution in [-0.4, -0.2) is 15.9 Å². The maximum Gasteiger partial charge on any atom is 0.272 e. The van der Waals surface area contributed by atoms with Crippen molar-refractivity contribution < 1.29 is 4.79 Å². The highest BCUT2D eigenvalue weighted by atomic mass is 16.2. The molecule has 2 rings (SSSR count). The fourth-order valence-electron chi connectivity index (χ4n) is 1.55. The van der Waals surface area contributed by atoms with Gasteiger partial charge in [0.05, 0.1) is 0 Å². The summed E-state index contributed by atoms with van der Waals surface area (Å²) in [4.78, 5) is 29.4. The first-order valence-corrected chi connectivity index (χ1v) is 5.34. The van der Waals surface area contributed by atoms with Crippen molar-refractivity contribution in [3.05, 3.63) is 63.8 Å². The third kappa shape index (κ3) is 2.61. The third-order valence-corrected chi connectivity index (χ3v) is 2.44. The lowest BCUT2D eigenvalue weighted by molar-refractivity contribution is 0.0951. The van der Waals surface area contributed by atoms with Crippen molar-refractivity contribution >= 4 is 5.91 Å². The lowest BCUT2D eigenvalue weighted by atomic mass is 10.1. The smallest absolute Gasteiger partial charge is 0.272 e. The van der Waals surface area contributed by atoms with Crippen molar-refractivity contribution in [3.8, 4) is 0 Å². The summed E-state index contributed by atoms with van der Waals surface area (Å²) in [5.74, 6) is 4.80. The van der Waals surface area contributed by atoms with Gasteiger partial charge in [0.1, 0.15) is 11.4 Å². The largest absolute Gasteiger partial charge is 0.310 e. The van der Waals surface area contributed by atoms with E-state index in [1.54, 1.807) is 0 Å². The number of carbonyl (C=O) groups excluding carboxylic acids is 1. The van der Waals surface area contributed by atoms with Crippen molar-refractivity contribution in [1.82, 2.24) is 15.4 Å². The molecule has 1 heterocycles. The number of hydrazine groups is 1. The molecule has 92 valence electrons. The van der Waals surface area contributed by atoms with Crippen LogP contribution in [0.25, 0.3) is 0 Å². The first-order valence-electron chi connectivity index (χ1n) is 5.34. The van der Waals surface area contributed by atoms with Crippen LogP contribution < -0.4 is 16.8 Å². The summed E-state index contributed by atoms with van der Waals surface area (Å²) in [5, 5.41) is 0. The Morgan fingerprint density at radius 3 is 2.67 bits per heavy atom. The van der Waals surface area contributed by atoms with E-state index in [1.165, 1.54) is 6.20 Å². The average molecular weight is 244 g/mol. The Morgan fingerprint density at radius 1 is 1.33 bits per heavy atom. The quantitative estimate of drug-likeness (QED) is 0.400. The summed E-state index contributed by atoms with van der Waals surface area (Å²) in [5.41, 5.74) is 2.31. The molecule has 0 spiro atoms. The first-order chi connectivity index (χ1) is 8.70. The number of rotatable bonds is 3. The van der Waals surface area contributed by atoms with Crippen LogP contribution in [0.15, 0.2) is 41.3 Å². The van der Waals surface area contributed by atoms with Crippen molar-refractivity contribution in [1.29, 1.82) is 0 Å². The summed E-state index contributed by atoms with van der Waals surface area (Å²) < 4.78 is 0. The van der Waals surface area contributed by atoms with Crippen LogP contribution in [0.3, 0.4) is 0 Å². The number of hydrogen-bond acceptors (Lipinski definition) is 4. The molecule has 0 aliphatic heterocycles. The average Bonchev–Trinajstić information content (AvgIpc) is 2.39. The molecule has 1 amide bonds. The van der Waals surface area contributed by atoms with Gasteiger partial charge in [-0.15, -0.1) is 0 Å². The third-order valence-electron chi connectivity index (χ3n) is 2.44. The number of nitrogens with zero attached hydrogens (tertiary/aromatic N) is 1. The van der Waals surface area contributed by atoms with Gasteiger partial charge in [0.2, 0.25) is 0 Å². The molecular weight excluding hydrogens is 232 g/mol. The predicted molar refractivity (Wildman–Crippen MR) is 65.8 cm³/mol. The number of nitrogens with two attached hydrogens (primary N) is 1. The van der Waals surface area contributed by atoms with Gasteiger partial charge in [0.15, 0.2) is 0 Å². The van der Waals surface area contributed by atoms with E-state index in [0.717, 1.165) is 5.56 Å². The van der Waals surface area contributed by atoms with E-state index in [1.807, 2.05) is 35.8 Å². The lowest BCUT2D eigenvalue weighted by Crippen LogP contribution is -2.34. The van der Waals surface area contributed by atoms with Gasteiger partial charge in [-0.25, -0.2) is 10.8 Å². The van der Waals surface area contributed by atoms with Gasteiger partial charge in [-0.2, -0.15) is 0 Å². The number of benzene rings is 1. The highest BCUT2D eigenvalue weighted by Gasteiger charge is 2.10. The normalized spacial score (nSPS) is 10.1. The Balaban J connectivity index is 2.25. The second-order valence-corrected chi connectivity index (χ2v) is 3.71. The second-order valence-electron chi connectivity index (χ2n) is 3.71.